The third kappa shape index (κ3) is 3.30. The van der Waals surface area contributed by atoms with E-state index in [2.05, 4.69) is 13.8 Å². The summed E-state index contributed by atoms with van der Waals surface area (Å²) in [5, 5.41) is 0.841. The summed E-state index contributed by atoms with van der Waals surface area (Å²) in [5.74, 6) is 1.49. The second kappa shape index (κ2) is 6.67. The van der Waals surface area contributed by atoms with E-state index in [0.717, 1.165) is 30.4 Å². The molecule has 24 heavy (non-hydrogen) atoms. The summed E-state index contributed by atoms with van der Waals surface area (Å²) in [5.41, 5.74) is 0.657. The van der Waals surface area contributed by atoms with Gasteiger partial charge in [-0.25, -0.2) is 0 Å². The number of hydrogen-bond donors (Lipinski definition) is 0. The number of carbonyl (C=O) groups is 1. The van der Waals surface area contributed by atoms with Gasteiger partial charge in [0.2, 0.25) is 0 Å². The van der Waals surface area contributed by atoms with Gasteiger partial charge in [0.05, 0.1) is 5.52 Å². The number of hydrogen-bond acceptors (Lipinski definition) is 3. The molecule has 1 amide bonds. The second-order valence-corrected chi connectivity index (χ2v) is 6.96. The largest absolute Gasteiger partial charge is 0.483 e. The Bertz CT molecular complexity index is 802. The molecule has 1 aromatic carbocycles. The van der Waals surface area contributed by atoms with Crippen LogP contribution in [0.3, 0.4) is 0 Å². The number of aryl methyl sites for hydroxylation is 1. The van der Waals surface area contributed by atoms with Crippen LogP contribution in [0.1, 0.15) is 20.3 Å². The summed E-state index contributed by atoms with van der Waals surface area (Å²) in [7, 11) is 1.73. The number of carbonyl (C=O) groups excluding carboxylic acids is 1. The minimum absolute atomic E-state index is 0.0156. The molecule has 1 aromatic heterocycles. The molecule has 1 saturated heterocycles. The number of benzene rings is 1. The summed E-state index contributed by atoms with van der Waals surface area (Å²) < 4.78 is 7.32. The maximum absolute atomic E-state index is 12.5. The average molecular weight is 328 g/mol. The topological polar surface area (TPSA) is 51.5 Å². The number of amides is 1. The van der Waals surface area contributed by atoms with Gasteiger partial charge >= 0.3 is 0 Å². The Morgan fingerprint density at radius 2 is 1.88 bits per heavy atom. The van der Waals surface area contributed by atoms with Crippen LogP contribution in [-0.4, -0.2) is 35.1 Å². The molecule has 128 valence electrons. The lowest BCUT2D eigenvalue weighted by Gasteiger charge is -2.34. The van der Waals surface area contributed by atoms with Crippen molar-refractivity contribution in [2.24, 2.45) is 18.9 Å². The first kappa shape index (κ1) is 16.6. The fourth-order valence-corrected chi connectivity index (χ4v) is 3.60. The van der Waals surface area contributed by atoms with E-state index in [1.54, 1.807) is 11.6 Å². The molecule has 0 aliphatic carbocycles. The van der Waals surface area contributed by atoms with E-state index in [9.17, 15) is 9.59 Å². The van der Waals surface area contributed by atoms with E-state index in [0.29, 0.717) is 17.6 Å². The minimum Gasteiger partial charge on any atom is -0.483 e. The molecule has 1 fully saturated rings. The maximum atomic E-state index is 12.5. The first-order valence-corrected chi connectivity index (χ1v) is 8.45. The monoisotopic (exact) mass is 328 g/mol. The second-order valence-electron chi connectivity index (χ2n) is 6.96. The lowest BCUT2D eigenvalue weighted by Crippen LogP contribution is -2.44. The van der Waals surface area contributed by atoms with Gasteiger partial charge in [-0.05, 0) is 30.4 Å². The van der Waals surface area contributed by atoms with E-state index < -0.39 is 0 Å². The van der Waals surface area contributed by atoms with E-state index in [1.165, 1.54) is 6.07 Å². The van der Waals surface area contributed by atoms with Gasteiger partial charge in [-0.3, -0.25) is 9.59 Å². The molecule has 1 aliphatic heterocycles. The molecule has 0 bridgehead atoms. The predicted molar refractivity (Wildman–Crippen MR) is 94.2 cm³/mol. The van der Waals surface area contributed by atoms with Gasteiger partial charge in [0.1, 0.15) is 5.75 Å². The molecule has 0 radical (unpaired) electrons. The highest BCUT2D eigenvalue weighted by Crippen LogP contribution is 2.24. The number of nitrogens with zero attached hydrogens (tertiary/aromatic N) is 2. The van der Waals surface area contributed by atoms with Crippen molar-refractivity contribution in [2.45, 2.75) is 20.3 Å². The number of piperidine rings is 1. The number of fused-ring (bicyclic) bond motifs is 1. The van der Waals surface area contributed by atoms with Crippen molar-refractivity contribution in [3.8, 4) is 5.75 Å². The van der Waals surface area contributed by atoms with Crippen LogP contribution < -0.4 is 10.3 Å². The molecule has 5 heteroatoms. The maximum Gasteiger partial charge on any atom is 0.260 e. The summed E-state index contributed by atoms with van der Waals surface area (Å²) >= 11 is 0. The highest BCUT2D eigenvalue weighted by Gasteiger charge is 2.25. The number of likely N-dealkylation sites (tertiary alicyclic amines) is 1. The molecule has 2 atom stereocenters. The molecule has 1 aliphatic rings. The predicted octanol–water partition coefficient (Wildman–Crippen LogP) is 2.42. The van der Waals surface area contributed by atoms with Crippen LogP contribution in [0.15, 0.2) is 35.1 Å². The third-order valence-corrected chi connectivity index (χ3v) is 4.69. The molecule has 0 N–H and O–H groups in total. The Labute approximate surface area is 141 Å². The third-order valence-electron chi connectivity index (χ3n) is 4.69. The zero-order chi connectivity index (χ0) is 17.3. The zero-order valence-electron chi connectivity index (χ0n) is 14.5. The molecule has 0 spiro atoms. The van der Waals surface area contributed by atoms with Crippen LogP contribution in [-0.2, 0) is 11.8 Å². The van der Waals surface area contributed by atoms with Gasteiger partial charge in [-0.2, -0.15) is 0 Å². The normalized spacial score (nSPS) is 21.0. The minimum atomic E-state index is -0.142. The SMILES string of the molecule is C[C@@H]1C[C@@H](C)CN(C(=O)COc2cc(=O)n(C)c3ccccc23)C1. The summed E-state index contributed by atoms with van der Waals surface area (Å²) in [4.78, 5) is 26.4. The smallest absolute Gasteiger partial charge is 0.260 e. The Kier molecular flexibility index (Phi) is 4.60. The first-order chi connectivity index (χ1) is 11.5. The van der Waals surface area contributed by atoms with Crippen LogP contribution in [0.5, 0.6) is 5.75 Å². The molecular weight excluding hydrogens is 304 g/mol. The quantitative estimate of drug-likeness (QED) is 0.869. The number of ether oxygens (including phenoxy) is 1. The van der Waals surface area contributed by atoms with E-state index in [-0.39, 0.29) is 18.1 Å². The van der Waals surface area contributed by atoms with Crippen molar-refractivity contribution in [1.29, 1.82) is 0 Å². The van der Waals surface area contributed by atoms with Crippen molar-refractivity contribution >= 4 is 16.8 Å². The molecule has 0 unspecified atom stereocenters. The fourth-order valence-electron chi connectivity index (χ4n) is 3.60. The number of rotatable bonds is 3. The summed E-state index contributed by atoms with van der Waals surface area (Å²) in [6.07, 6.45) is 1.16. The fraction of sp³-hybridized carbons (Fsp3) is 0.474. The van der Waals surface area contributed by atoms with E-state index in [1.807, 2.05) is 29.2 Å². The van der Waals surface area contributed by atoms with Crippen LogP contribution >= 0.6 is 0 Å². The average Bonchev–Trinajstić information content (AvgIpc) is 2.55. The molecule has 2 heterocycles. The Balaban J connectivity index is 1.77. The number of para-hydroxylation sites is 1. The van der Waals surface area contributed by atoms with Crippen LogP contribution in [0.2, 0.25) is 0 Å². The van der Waals surface area contributed by atoms with E-state index in [4.69, 9.17) is 4.74 Å². The van der Waals surface area contributed by atoms with Crippen molar-refractivity contribution in [2.75, 3.05) is 19.7 Å². The van der Waals surface area contributed by atoms with Gasteiger partial charge in [-0.1, -0.05) is 26.0 Å². The van der Waals surface area contributed by atoms with Crippen molar-refractivity contribution < 1.29 is 9.53 Å². The summed E-state index contributed by atoms with van der Waals surface area (Å²) in [6.45, 7) is 5.88. The van der Waals surface area contributed by atoms with Crippen molar-refractivity contribution in [3.05, 3.63) is 40.7 Å². The summed E-state index contributed by atoms with van der Waals surface area (Å²) in [6, 6.07) is 9.01. The molecule has 3 rings (SSSR count). The van der Waals surface area contributed by atoms with Gasteiger partial charge in [0, 0.05) is 31.6 Å². The molecule has 0 saturated carbocycles. The van der Waals surface area contributed by atoms with Gasteiger partial charge in [0.15, 0.2) is 6.61 Å². The van der Waals surface area contributed by atoms with Crippen molar-refractivity contribution in [3.63, 3.8) is 0 Å². The zero-order valence-corrected chi connectivity index (χ0v) is 14.5. The lowest BCUT2D eigenvalue weighted by atomic mass is 9.92. The van der Waals surface area contributed by atoms with Gasteiger partial charge in [-0.15, -0.1) is 0 Å². The van der Waals surface area contributed by atoms with Gasteiger partial charge < -0.3 is 14.2 Å². The highest BCUT2D eigenvalue weighted by molar-refractivity contribution is 5.86. The van der Waals surface area contributed by atoms with Crippen LogP contribution in [0, 0.1) is 11.8 Å². The lowest BCUT2D eigenvalue weighted by molar-refractivity contribution is -0.136. The van der Waals surface area contributed by atoms with Crippen LogP contribution in [0.4, 0.5) is 0 Å². The van der Waals surface area contributed by atoms with Crippen LogP contribution in [0.25, 0.3) is 10.9 Å². The number of pyridine rings is 1. The number of aromatic nitrogens is 1. The highest BCUT2D eigenvalue weighted by atomic mass is 16.5. The Hall–Kier alpha value is -2.30. The molecular formula is C19H24N2O3. The first-order valence-electron chi connectivity index (χ1n) is 8.45. The standard InChI is InChI=1S/C19H24N2O3/c1-13-8-14(2)11-21(10-13)19(23)12-24-17-9-18(22)20(3)16-7-5-4-6-15(16)17/h4-7,9,13-14H,8,10-12H2,1-3H3/t13-,14-/m1/s1. The van der Waals surface area contributed by atoms with Gasteiger partial charge in [0.25, 0.3) is 11.5 Å². The Morgan fingerprint density at radius 3 is 2.58 bits per heavy atom. The molecule has 2 aromatic rings. The molecule has 5 nitrogen and oxygen atoms in total. The van der Waals surface area contributed by atoms with Crippen molar-refractivity contribution in [1.82, 2.24) is 9.47 Å². The Morgan fingerprint density at radius 1 is 1.21 bits per heavy atom. The van der Waals surface area contributed by atoms with E-state index >= 15 is 0 Å².